The summed E-state index contributed by atoms with van der Waals surface area (Å²) in [6, 6.07) is 6.33. The Hall–Kier alpha value is -2.01. The molecule has 1 aromatic heterocycles. The molecule has 1 aromatic carbocycles. The largest absolute Gasteiger partial charge is 0.454 e. The van der Waals surface area contributed by atoms with E-state index >= 15 is 0 Å². The number of aromatic amines is 1. The molecule has 3 rings (SSSR count). The third-order valence-electron chi connectivity index (χ3n) is 3.39. The van der Waals surface area contributed by atoms with Crippen molar-refractivity contribution in [3.05, 3.63) is 42.0 Å². The van der Waals surface area contributed by atoms with Gasteiger partial charge in [-0.1, -0.05) is 13.0 Å². The minimum absolute atomic E-state index is 0.218. The van der Waals surface area contributed by atoms with Crippen molar-refractivity contribution in [2.75, 3.05) is 13.3 Å². The molecule has 20 heavy (non-hydrogen) atoms. The number of hydrogen-bond acceptors (Lipinski definition) is 4. The van der Waals surface area contributed by atoms with Gasteiger partial charge < -0.3 is 19.8 Å². The highest BCUT2D eigenvalue weighted by atomic mass is 16.7. The average molecular weight is 273 g/mol. The summed E-state index contributed by atoms with van der Waals surface area (Å²) in [5.41, 5.74) is 1.19. The van der Waals surface area contributed by atoms with Gasteiger partial charge in [0, 0.05) is 24.9 Å². The number of ether oxygens (including phenoxy) is 2. The molecule has 0 radical (unpaired) electrons. The van der Waals surface area contributed by atoms with Crippen molar-refractivity contribution < 1.29 is 9.47 Å². The van der Waals surface area contributed by atoms with Crippen LogP contribution >= 0.6 is 0 Å². The molecule has 0 amide bonds. The first-order valence-corrected chi connectivity index (χ1v) is 6.98. The van der Waals surface area contributed by atoms with Crippen LogP contribution in [-0.4, -0.2) is 23.3 Å². The van der Waals surface area contributed by atoms with Crippen molar-refractivity contribution in [3.8, 4) is 11.5 Å². The quantitative estimate of drug-likeness (QED) is 0.848. The molecule has 5 heteroatoms. The van der Waals surface area contributed by atoms with Gasteiger partial charge in [-0.15, -0.1) is 0 Å². The molecule has 0 aliphatic carbocycles. The van der Waals surface area contributed by atoms with Gasteiger partial charge in [0.1, 0.15) is 5.82 Å². The number of H-pyrrole nitrogens is 1. The molecule has 5 nitrogen and oxygen atoms in total. The van der Waals surface area contributed by atoms with E-state index in [0.29, 0.717) is 6.79 Å². The fourth-order valence-corrected chi connectivity index (χ4v) is 2.36. The first-order chi connectivity index (χ1) is 9.86. The Kier molecular flexibility index (Phi) is 3.87. The Balaban J connectivity index is 1.80. The average Bonchev–Trinajstić information content (AvgIpc) is 3.13. The second kappa shape index (κ2) is 5.96. The number of fused-ring (bicyclic) bond motifs is 1. The molecule has 1 aliphatic rings. The van der Waals surface area contributed by atoms with Gasteiger partial charge in [0.2, 0.25) is 6.79 Å². The SMILES string of the molecule is CCCNC(Cc1ncc[nH]1)c1ccc2c(c1)OCO2. The second-order valence-corrected chi connectivity index (χ2v) is 4.86. The topological polar surface area (TPSA) is 59.2 Å². The zero-order valence-electron chi connectivity index (χ0n) is 11.6. The summed E-state index contributed by atoms with van der Waals surface area (Å²) in [6.45, 7) is 3.44. The molecular weight excluding hydrogens is 254 g/mol. The molecule has 0 bridgehead atoms. The van der Waals surface area contributed by atoms with Crippen LogP contribution in [0.2, 0.25) is 0 Å². The summed E-state index contributed by atoms with van der Waals surface area (Å²) in [5, 5.41) is 3.56. The molecule has 0 spiro atoms. The molecule has 0 fully saturated rings. The van der Waals surface area contributed by atoms with Crippen molar-refractivity contribution in [2.45, 2.75) is 25.8 Å². The zero-order valence-corrected chi connectivity index (χ0v) is 11.6. The van der Waals surface area contributed by atoms with Crippen LogP contribution in [0.5, 0.6) is 11.5 Å². The minimum atomic E-state index is 0.218. The highest BCUT2D eigenvalue weighted by Gasteiger charge is 2.18. The predicted molar refractivity (Wildman–Crippen MR) is 75.9 cm³/mol. The Morgan fingerprint density at radius 2 is 2.25 bits per heavy atom. The number of nitrogens with zero attached hydrogens (tertiary/aromatic N) is 1. The lowest BCUT2D eigenvalue weighted by atomic mass is 10.0. The van der Waals surface area contributed by atoms with E-state index in [1.165, 1.54) is 5.56 Å². The molecule has 0 saturated carbocycles. The maximum atomic E-state index is 5.46. The van der Waals surface area contributed by atoms with E-state index in [4.69, 9.17) is 9.47 Å². The molecule has 1 aliphatic heterocycles. The van der Waals surface area contributed by atoms with E-state index < -0.39 is 0 Å². The lowest BCUT2D eigenvalue weighted by molar-refractivity contribution is 0.174. The number of hydrogen-bond donors (Lipinski definition) is 2. The number of benzene rings is 1. The third-order valence-corrected chi connectivity index (χ3v) is 3.39. The van der Waals surface area contributed by atoms with E-state index in [0.717, 1.165) is 36.7 Å². The standard InChI is InChI=1S/C15H19N3O2/c1-2-5-16-12(9-15-17-6-7-18-15)11-3-4-13-14(8-11)20-10-19-13/h3-4,6-8,12,16H,2,5,9-10H2,1H3,(H,17,18). The van der Waals surface area contributed by atoms with E-state index in [2.05, 4.69) is 34.3 Å². The van der Waals surface area contributed by atoms with E-state index in [-0.39, 0.29) is 6.04 Å². The number of nitrogens with one attached hydrogen (secondary N) is 2. The molecule has 1 atom stereocenters. The first kappa shape index (κ1) is 13.0. The molecule has 2 N–H and O–H groups in total. The van der Waals surface area contributed by atoms with Crippen molar-refractivity contribution in [1.82, 2.24) is 15.3 Å². The van der Waals surface area contributed by atoms with Gasteiger partial charge in [0.05, 0.1) is 0 Å². The normalized spacial score (nSPS) is 14.4. The highest BCUT2D eigenvalue weighted by Crippen LogP contribution is 2.34. The van der Waals surface area contributed by atoms with Crippen LogP contribution in [0.25, 0.3) is 0 Å². The molecular formula is C15H19N3O2. The third kappa shape index (κ3) is 2.77. The summed E-state index contributed by atoms with van der Waals surface area (Å²) < 4.78 is 10.8. The smallest absolute Gasteiger partial charge is 0.231 e. The number of aromatic nitrogens is 2. The van der Waals surface area contributed by atoms with Crippen LogP contribution in [0.1, 0.15) is 30.8 Å². The maximum Gasteiger partial charge on any atom is 0.231 e. The fraction of sp³-hybridized carbons (Fsp3) is 0.400. The van der Waals surface area contributed by atoms with Crippen LogP contribution in [-0.2, 0) is 6.42 Å². The van der Waals surface area contributed by atoms with Crippen molar-refractivity contribution in [1.29, 1.82) is 0 Å². The Morgan fingerprint density at radius 1 is 1.35 bits per heavy atom. The highest BCUT2D eigenvalue weighted by molar-refractivity contribution is 5.45. The summed E-state index contributed by atoms with van der Waals surface area (Å²) >= 11 is 0. The molecule has 2 heterocycles. The second-order valence-electron chi connectivity index (χ2n) is 4.86. The van der Waals surface area contributed by atoms with Gasteiger partial charge in [-0.2, -0.15) is 0 Å². The van der Waals surface area contributed by atoms with Gasteiger partial charge in [-0.3, -0.25) is 0 Å². The molecule has 2 aromatic rings. The summed E-state index contributed by atoms with van der Waals surface area (Å²) in [6.07, 6.45) is 5.56. The predicted octanol–water partition coefficient (Wildman–Crippen LogP) is 2.42. The monoisotopic (exact) mass is 273 g/mol. The van der Waals surface area contributed by atoms with Gasteiger partial charge in [0.25, 0.3) is 0 Å². The van der Waals surface area contributed by atoms with Crippen molar-refractivity contribution in [2.24, 2.45) is 0 Å². The minimum Gasteiger partial charge on any atom is -0.454 e. The summed E-state index contributed by atoms with van der Waals surface area (Å²) in [5.74, 6) is 2.63. The van der Waals surface area contributed by atoms with Crippen molar-refractivity contribution >= 4 is 0 Å². The Labute approximate surface area is 118 Å². The van der Waals surface area contributed by atoms with E-state index in [1.54, 1.807) is 6.20 Å². The Morgan fingerprint density at radius 3 is 3.05 bits per heavy atom. The van der Waals surface area contributed by atoms with Crippen LogP contribution in [0, 0.1) is 0 Å². The summed E-state index contributed by atoms with van der Waals surface area (Å²) in [7, 11) is 0. The first-order valence-electron chi connectivity index (χ1n) is 6.98. The van der Waals surface area contributed by atoms with Gasteiger partial charge in [-0.25, -0.2) is 4.98 Å². The molecule has 1 unspecified atom stereocenters. The summed E-state index contributed by atoms with van der Waals surface area (Å²) in [4.78, 5) is 7.47. The van der Waals surface area contributed by atoms with Gasteiger partial charge >= 0.3 is 0 Å². The Bertz CT molecular complexity index is 554. The lowest BCUT2D eigenvalue weighted by Crippen LogP contribution is -2.24. The maximum absolute atomic E-state index is 5.46. The van der Waals surface area contributed by atoms with Gasteiger partial charge in [0.15, 0.2) is 11.5 Å². The zero-order chi connectivity index (χ0) is 13.8. The fourth-order valence-electron chi connectivity index (χ4n) is 2.36. The van der Waals surface area contributed by atoms with E-state index in [9.17, 15) is 0 Å². The lowest BCUT2D eigenvalue weighted by Gasteiger charge is -2.18. The number of imidazole rings is 1. The van der Waals surface area contributed by atoms with E-state index in [1.807, 2.05) is 12.3 Å². The van der Waals surface area contributed by atoms with Gasteiger partial charge in [-0.05, 0) is 30.7 Å². The van der Waals surface area contributed by atoms with Crippen molar-refractivity contribution in [3.63, 3.8) is 0 Å². The van der Waals surface area contributed by atoms with Crippen LogP contribution < -0.4 is 14.8 Å². The molecule has 0 saturated heterocycles. The molecule has 106 valence electrons. The van der Waals surface area contributed by atoms with Crippen LogP contribution in [0.15, 0.2) is 30.6 Å². The van der Waals surface area contributed by atoms with Crippen LogP contribution in [0.4, 0.5) is 0 Å². The number of rotatable bonds is 6. The van der Waals surface area contributed by atoms with Crippen LogP contribution in [0.3, 0.4) is 0 Å².